The van der Waals surface area contributed by atoms with Crippen molar-refractivity contribution < 1.29 is 42.8 Å². The van der Waals surface area contributed by atoms with Gasteiger partial charge in [0.05, 0.1) is 18.8 Å². The minimum Gasteiger partial charge on any atom is -0.756 e. The molecule has 1 aromatic rings. The first-order valence-corrected chi connectivity index (χ1v) is 8.84. The molecule has 24 heavy (non-hydrogen) atoms. The molecule has 0 saturated carbocycles. The Morgan fingerprint density at radius 1 is 1.42 bits per heavy atom. The van der Waals surface area contributed by atoms with E-state index in [9.17, 15) is 24.5 Å². The lowest BCUT2D eigenvalue weighted by Gasteiger charge is -2.24. The third kappa shape index (κ3) is 4.46. The van der Waals surface area contributed by atoms with Crippen LogP contribution < -0.4 is 9.46 Å². The molecular weight excluding hydrogens is 341 g/mol. The van der Waals surface area contributed by atoms with E-state index in [0.717, 1.165) is 0 Å². The Hall–Kier alpha value is -1.19. The average Bonchev–Trinajstić information content (AvgIpc) is 2.81. The molecule has 2 heterocycles. The van der Waals surface area contributed by atoms with E-state index in [1.807, 2.05) is 0 Å². The van der Waals surface area contributed by atoms with Gasteiger partial charge >= 0.3 is 0 Å². The first kappa shape index (κ1) is 19.1. The van der Waals surface area contributed by atoms with Crippen LogP contribution in [0.2, 0.25) is 0 Å². The fraction of sp³-hybridized carbons (Fsp3) is 0.571. The Bertz CT molecular complexity index is 639. The van der Waals surface area contributed by atoms with Crippen molar-refractivity contribution in [2.45, 2.75) is 38.4 Å². The summed E-state index contributed by atoms with van der Waals surface area (Å²) < 4.78 is 27.4. The van der Waals surface area contributed by atoms with Gasteiger partial charge in [-0.3, -0.25) is 9.36 Å². The summed E-state index contributed by atoms with van der Waals surface area (Å²) in [6.07, 6.45) is -1.68. The number of pyridine rings is 1. The number of phosphoric ester groups is 1. The smallest absolute Gasteiger partial charge is 0.292 e. The van der Waals surface area contributed by atoms with Crippen LogP contribution in [-0.4, -0.2) is 47.5 Å². The number of aromatic nitrogens is 1. The highest BCUT2D eigenvalue weighted by Gasteiger charge is 2.48. The first-order valence-electron chi connectivity index (χ1n) is 7.38. The van der Waals surface area contributed by atoms with Gasteiger partial charge in [-0.1, -0.05) is 0 Å². The van der Waals surface area contributed by atoms with Crippen molar-refractivity contribution >= 4 is 13.6 Å². The largest absolute Gasteiger partial charge is 0.756 e. The molecule has 0 aromatic carbocycles. The summed E-state index contributed by atoms with van der Waals surface area (Å²) in [4.78, 5) is 22.8. The summed E-state index contributed by atoms with van der Waals surface area (Å²) in [5.41, 5.74) is 0.405. The molecule has 1 fully saturated rings. The van der Waals surface area contributed by atoms with E-state index >= 15 is 0 Å². The zero-order valence-corrected chi connectivity index (χ0v) is 14.2. The highest BCUT2D eigenvalue weighted by Crippen LogP contribution is 2.39. The molecule has 9 nitrogen and oxygen atoms in total. The van der Waals surface area contributed by atoms with Crippen molar-refractivity contribution in [1.82, 2.24) is 0 Å². The number of aliphatic hydroxyl groups is 2. The van der Waals surface area contributed by atoms with Crippen molar-refractivity contribution in [3.8, 4) is 0 Å². The number of hydrogen-bond donors (Lipinski definition) is 2. The molecule has 2 N–H and O–H groups in total. The first-order chi connectivity index (χ1) is 11.2. The second kappa shape index (κ2) is 7.79. The van der Waals surface area contributed by atoms with Gasteiger partial charge in [-0.05, 0) is 19.9 Å². The third-order valence-corrected chi connectivity index (χ3v) is 4.58. The van der Waals surface area contributed by atoms with Crippen LogP contribution in [0.5, 0.6) is 0 Å². The van der Waals surface area contributed by atoms with Crippen LogP contribution in [0.15, 0.2) is 24.5 Å². The quantitative estimate of drug-likeness (QED) is 0.371. The van der Waals surface area contributed by atoms with E-state index in [1.54, 1.807) is 18.3 Å². The van der Waals surface area contributed by atoms with Gasteiger partial charge in [-0.25, -0.2) is 0 Å². The Morgan fingerprint density at radius 2 is 2.12 bits per heavy atom. The second-order valence-electron chi connectivity index (χ2n) is 5.30. The van der Waals surface area contributed by atoms with Gasteiger partial charge < -0.3 is 28.9 Å². The predicted octanol–water partition coefficient (Wildman–Crippen LogP) is -0.683. The Labute approximate surface area is 139 Å². The molecule has 2 unspecified atom stereocenters. The monoisotopic (exact) mass is 361 g/mol. The van der Waals surface area contributed by atoms with Gasteiger partial charge in [0.2, 0.25) is 0 Å². The molecule has 134 valence electrons. The molecule has 0 aliphatic carbocycles. The van der Waals surface area contributed by atoms with E-state index in [2.05, 4.69) is 9.05 Å². The number of aliphatic hydroxyl groups excluding tert-OH is 2. The number of ether oxygens (including phenoxy) is 1. The van der Waals surface area contributed by atoms with Crippen LogP contribution in [0.1, 0.15) is 30.4 Å². The van der Waals surface area contributed by atoms with E-state index in [-0.39, 0.29) is 12.4 Å². The SMILES string of the molecule is CCOP(=O)([O-])OC[C@H]1OC([n+]2cccc(C(C)=O)c2)[C@H](O)[C@@H]1O. The van der Waals surface area contributed by atoms with Crippen LogP contribution in [0.3, 0.4) is 0 Å². The average molecular weight is 361 g/mol. The molecule has 2 rings (SSSR count). The third-order valence-electron chi connectivity index (χ3n) is 3.54. The van der Waals surface area contributed by atoms with E-state index < -0.39 is 39.0 Å². The minimum absolute atomic E-state index is 0.0756. The summed E-state index contributed by atoms with van der Waals surface area (Å²) in [7, 11) is -4.48. The van der Waals surface area contributed by atoms with Crippen molar-refractivity contribution in [2.24, 2.45) is 0 Å². The Balaban J connectivity index is 2.08. The highest BCUT2D eigenvalue weighted by atomic mass is 31.2. The van der Waals surface area contributed by atoms with Crippen LogP contribution in [0, 0.1) is 0 Å². The van der Waals surface area contributed by atoms with Gasteiger partial charge in [-0.2, -0.15) is 4.57 Å². The van der Waals surface area contributed by atoms with Gasteiger partial charge in [0.1, 0.15) is 12.2 Å². The summed E-state index contributed by atoms with van der Waals surface area (Å²) >= 11 is 0. The van der Waals surface area contributed by atoms with Crippen molar-refractivity contribution in [3.63, 3.8) is 0 Å². The maximum atomic E-state index is 11.4. The molecule has 1 aliphatic rings. The standard InChI is InChI=1S/C14H20NO8P/c1-3-21-24(19,20)22-8-11-12(17)13(18)14(23-11)15-6-4-5-10(7-15)9(2)16/h4-7,11-14,17-18H,3,8H2,1-2H3/t11-,12-,13-,14?/m1/s1. The van der Waals surface area contributed by atoms with Gasteiger partial charge in [0, 0.05) is 6.07 Å². The molecular formula is C14H20NO8P. The van der Waals surface area contributed by atoms with Gasteiger partial charge in [-0.15, -0.1) is 0 Å². The lowest BCUT2D eigenvalue weighted by molar-refractivity contribution is -0.765. The number of phosphoric acid groups is 1. The van der Waals surface area contributed by atoms with Gasteiger partial charge in [0.15, 0.2) is 24.3 Å². The minimum atomic E-state index is -4.48. The molecule has 10 heteroatoms. The zero-order valence-electron chi connectivity index (χ0n) is 13.3. The summed E-state index contributed by atoms with van der Waals surface area (Å²) in [5.74, 6) is -0.165. The van der Waals surface area contributed by atoms with E-state index in [1.165, 1.54) is 24.6 Å². The Morgan fingerprint density at radius 3 is 2.75 bits per heavy atom. The topological polar surface area (TPSA) is 129 Å². The van der Waals surface area contributed by atoms with Crippen LogP contribution in [0.25, 0.3) is 0 Å². The zero-order chi connectivity index (χ0) is 17.9. The number of carbonyl (C=O) groups is 1. The summed E-state index contributed by atoms with van der Waals surface area (Å²) in [5, 5.41) is 20.2. The van der Waals surface area contributed by atoms with Gasteiger partial charge in [0.25, 0.3) is 14.1 Å². The van der Waals surface area contributed by atoms with Crippen molar-refractivity contribution in [1.29, 1.82) is 0 Å². The molecule has 1 aliphatic heterocycles. The predicted molar refractivity (Wildman–Crippen MR) is 77.7 cm³/mol. The maximum Gasteiger partial charge on any atom is 0.292 e. The summed E-state index contributed by atoms with van der Waals surface area (Å²) in [6.45, 7) is 2.32. The molecule has 0 spiro atoms. The second-order valence-corrected chi connectivity index (χ2v) is 6.71. The number of carbonyl (C=O) groups excluding carboxylic acids is 1. The van der Waals surface area contributed by atoms with Crippen molar-refractivity contribution in [3.05, 3.63) is 30.1 Å². The number of nitrogens with zero attached hydrogens (tertiary/aromatic N) is 1. The molecule has 1 aromatic heterocycles. The highest BCUT2D eigenvalue weighted by molar-refractivity contribution is 7.45. The lowest BCUT2D eigenvalue weighted by Crippen LogP contribution is -2.46. The number of ketones is 1. The number of Topliss-reactive ketones (excluding diaryl/α,β-unsaturated/α-hetero) is 1. The fourth-order valence-electron chi connectivity index (χ4n) is 2.33. The van der Waals surface area contributed by atoms with Crippen molar-refractivity contribution in [2.75, 3.05) is 13.2 Å². The molecule has 0 bridgehead atoms. The normalized spacial score (nSPS) is 29.4. The van der Waals surface area contributed by atoms with E-state index in [4.69, 9.17) is 4.74 Å². The molecule has 0 amide bonds. The molecule has 5 atom stereocenters. The van der Waals surface area contributed by atoms with Crippen LogP contribution in [0.4, 0.5) is 0 Å². The maximum absolute atomic E-state index is 11.4. The van der Waals surface area contributed by atoms with Crippen LogP contribution in [-0.2, 0) is 18.3 Å². The summed E-state index contributed by atoms with van der Waals surface area (Å²) in [6, 6.07) is 3.21. The number of hydrogen-bond acceptors (Lipinski definition) is 8. The van der Waals surface area contributed by atoms with Crippen LogP contribution >= 0.6 is 7.82 Å². The van der Waals surface area contributed by atoms with E-state index in [0.29, 0.717) is 5.56 Å². The fourth-order valence-corrected chi connectivity index (χ4v) is 3.05. The lowest BCUT2D eigenvalue weighted by atomic mass is 10.1. The molecule has 1 saturated heterocycles. The Kier molecular flexibility index (Phi) is 6.22. The number of rotatable bonds is 7. The molecule has 0 radical (unpaired) electrons.